The Hall–Kier alpha value is -2.65. The fraction of sp³-hybridized carbons (Fsp3) is 0.435. The molecular weight excluding hydrogens is 427 g/mol. The van der Waals surface area contributed by atoms with E-state index in [0.29, 0.717) is 12.0 Å². The molecule has 7 nitrogen and oxygen atoms in total. The Kier molecular flexibility index (Phi) is 6.01. The van der Waals surface area contributed by atoms with Crippen molar-refractivity contribution in [3.05, 3.63) is 58.8 Å². The first-order valence-corrected chi connectivity index (χ1v) is 12.0. The summed E-state index contributed by atoms with van der Waals surface area (Å²) in [6.07, 6.45) is 3.96. The topological polar surface area (TPSA) is 70.0 Å². The van der Waals surface area contributed by atoms with Crippen molar-refractivity contribution in [3.63, 3.8) is 0 Å². The zero-order chi connectivity index (χ0) is 22.1. The molecule has 2 saturated heterocycles. The first-order chi connectivity index (χ1) is 15.6. The summed E-state index contributed by atoms with van der Waals surface area (Å²) in [5, 5.41) is 9.48. The first-order valence-electron chi connectivity index (χ1n) is 11.0. The van der Waals surface area contributed by atoms with Gasteiger partial charge in [-0.15, -0.1) is 10.2 Å². The molecule has 2 fully saturated rings. The molecule has 1 N–H and O–H groups in total. The maximum absolute atomic E-state index is 13.3. The predicted molar refractivity (Wildman–Crippen MR) is 124 cm³/mol. The van der Waals surface area contributed by atoms with Crippen molar-refractivity contribution in [1.29, 1.82) is 0 Å². The number of aromatic nitrogens is 4. The molecule has 1 aromatic carbocycles. The van der Waals surface area contributed by atoms with Crippen molar-refractivity contribution in [2.45, 2.75) is 24.0 Å². The van der Waals surface area contributed by atoms with Crippen molar-refractivity contribution in [1.82, 2.24) is 24.6 Å². The van der Waals surface area contributed by atoms with Gasteiger partial charge >= 0.3 is 0 Å². The lowest BCUT2D eigenvalue weighted by Gasteiger charge is -2.27. The Morgan fingerprint density at radius 1 is 1.16 bits per heavy atom. The van der Waals surface area contributed by atoms with Crippen molar-refractivity contribution in [2.24, 2.45) is 13.0 Å². The summed E-state index contributed by atoms with van der Waals surface area (Å²) in [5.74, 6) is 2.25. The quantitative estimate of drug-likeness (QED) is 0.437. The molecule has 9 heteroatoms. The molecule has 0 unspecified atom stereocenters. The minimum Gasteiger partial charge on any atom is -0.367 e. The van der Waals surface area contributed by atoms with E-state index in [9.17, 15) is 9.18 Å². The lowest BCUT2D eigenvalue weighted by Crippen LogP contribution is -2.35. The van der Waals surface area contributed by atoms with Gasteiger partial charge < -0.3 is 19.4 Å². The predicted octanol–water partition coefficient (Wildman–Crippen LogP) is 3.00. The summed E-state index contributed by atoms with van der Waals surface area (Å²) in [6.45, 7) is 4.36. The second-order valence-corrected chi connectivity index (χ2v) is 9.62. The highest BCUT2D eigenvalue weighted by Crippen LogP contribution is 2.35. The summed E-state index contributed by atoms with van der Waals surface area (Å²) in [4.78, 5) is 19.0. The zero-order valence-corrected chi connectivity index (χ0v) is 18.9. The van der Waals surface area contributed by atoms with Crippen LogP contribution in [0.4, 0.5) is 10.1 Å². The zero-order valence-electron chi connectivity index (χ0n) is 18.1. The van der Waals surface area contributed by atoms with Crippen LogP contribution in [0.15, 0.2) is 52.5 Å². The van der Waals surface area contributed by atoms with Gasteiger partial charge in [-0.1, -0.05) is 11.8 Å². The van der Waals surface area contributed by atoms with Gasteiger partial charge in [-0.25, -0.2) is 4.39 Å². The average molecular weight is 455 g/mol. The molecule has 5 rings (SSSR count). The number of anilines is 1. The summed E-state index contributed by atoms with van der Waals surface area (Å²) >= 11 is 1.71. The number of nitrogens with zero attached hydrogens (tertiary/aromatic N) is 5. The standard InChI is InChI=1S/C23H27FN6OS/c1-28-22(16-3-8-21(31)25-13-16)26-27-23(28)32-12-2-10-29-14-17-9-11-30(20(17)15-29)19-6-4-18(24)5-7-19/h3-8,13,17,20H,2,9-12,14-15H2,1H3,(H,25,31)/t17-,20+/m0/s1. The van der Waals surface area contributed by atoms with Crippen LogP contribution in [0.5, 0.6) is 0 Å². The van der Waals surface area contributed by atoms with Gasteiger partial charge in [-0.05, 0) is 55.6 Å². The van der Waals surface area contributed by atoms with E-state index in [0.717, 1.165) is 60.6 Å². The van der Waals surface area contributed by atoms with Crippen LogP contribution in [0.3, 0.4) is 0 Å². The van der Waals surface area contributed by atoms with E-state index in [1.165, 1.54) is 12.5 Å². The van der Waals surface area contributed by atoms with Crippen LogP contribution in [0.2, 0.25) is 0 Å². The number of benzene rings is 1. The molecule has 0 radical (unpaired) electrons. The highest BCUT2D eigenvalue weighted by molar-refractivity contribution is 7.99. The molecule has 2 aliphatic heterocycles. The minimum absolute atomic E-state index is 0.127. The van der Waals surface area contributed by atoms with Gasteiger partial charge in [0.1, 0.15) is 5.82 Å². The van der Waals surface area contributed by atoms with E-state index >= 15 is 0 Å². The Labute approximate surface area is 190 Å². The van der Waals surface area contributed by atoms with E-state index in [4.69, 9.17) is 0 Å². The third-order valence-electron chi connectivity index (χ3n) is 6.51. The summed E-state index contributed by atoms with van der Waals surface area (Å²) in [6, 6.07) is 10.7. The van der Waals surface area contributed by atoms with Crippen LogP contribution in [-0.2, 0) is 7.05 Å². The summed E-state index contributed by atoms with van der Waals surface area (Å²) in [5.41, 5.74) is 1.86. The number of fused-ring (bicyclic) bond motifs is 1. The third kappa shape index (κ3) is 4.31. The van der Waals surface area contributed by atoms with Gasteiger partial charge in [0.25, 0.3) is 0 Å². The van der Waals surface area contributed by atoms with E-state index in [-0.39, 0.29) is 11.4 Å². The van der Waals surface area contributed by atoms with E-state index in [1.807, 2.05) is 23.7 Å². The number of likely N-dealkylation sites (tertiary alicyclic amines) is 1. The van der Waals surface area contributed by atoms with Crippen LogP contribution in [0.25, 0.3) is 11.4 Å². The van der Waals surface area contributed by atoms with Crippen LogP contribution in [0.1, 0.15) is 12.8 Å². The molecule has 0 amide bonds. The molecule has 32 heavy (non-hydrogen) atoms. The number of halogens is 1. The molecule has 0 aliphatic carbocycles. The maximum Gasteiger partial charge on any atom is 0.247 e. The molecule has 168 valence electrons. The lowest BCUT2D eigenvalue weighted by atomic mass is 10.1. The smallest absolute Gasteiger partial charge is 0.247 e. The molecule has 2 aliphatic rings. The molecule has 0 bridgehead atoms. The van der Waals surface area contributed by atoms with Crippen LogP contribution in [0, 0.1) is 11.7 Å². The van der Waals surface area contributed by atoms with Crippen LogP contribution >= 0.6 is 11.8 Å². The first kappa shape index (κ1) is 21.2. The number of hydrogen-bond acceptors (Lipinski definition) is 6. The second kappa shape index (κ2) is 9.07. The summed E-state index contributed by atoms with van der Waals surface area (Å²) < 4.78 is 15.2. The van der Waals surface area contributed by atoms with Gasteiger partial charge in [0, 0.05) is 62.0 Å². The van der Waals surface area contributed by atoms with Gasteiger partial charge in [0.05, 0.1) is 0 Å². The monoisotopic (exact) mass is 454 g/mol. The molecule has 3 aromatic rings. The normalized spacial score (nSPS) is 20.8. The fourth-order valence-corrected chi connectivity index (χ4v) is 5.71. The molecular formula is C23H27FN6OS. The number of nitrogens with one attached hydrogen (secondary N) is 1. The molecule has 0 saturated carbocycles. The van der Waals surface area contributed by atoms with Crippen molar-refractivity contribution >= 4 is 17.4 Å². The van der Waals surface area contributed by atoms with Gasteiger partial charge in [-0.3, -0.25) is 4.79 Å². The number of hydrogen-bond donors (Lipinski definition) is 1. The summed E-state index contributed by atoms with van der Waals surface area (Å²) in [7, 11) is 1.95. The molecule has 0 spiro atoms. The number of aromatic amines is 1. The number of pyridine rings is 1. The van der Waals surface area contributed by atoms with Crippen molar-refractivity contribution in [2.75, 3.05) is 36.8 Å². The van der Waals surface area contributed by atoms with E-state index in [2.05, 4.69) is 25.0 Å². The van der Waals surface area contributed by atoms with E-state index < -0.39 is 0 Å². The fourth-order valence-electron chi connectivity index (χ4n) is 4.88. The third-order valence-corrected chi connectivity index (χ3v) is 7.62. The highest BCUT2D eigenvalue weighted by atomic mass is 32.2. The highest BCUT2D eigenvalue weighted by Gasteiger charge is 2.40. The Balaban J connectivity index is 1.11. The van der Waals surface area contributed by atoms with Gasteiger partial charge in [-0.2, -0.15) is 0 Å². The maximum atomic E-state index is 13.3. The molecule has 2 atom stereocenters. The van der Waals surface area contributed by atoms with Gasteiger partial charge in [0.2, 0.25) is 5.56 Å². The Morgan fingerprint density at radius 3 is 2.78 bits per heavy atom. The van der Waals surface area contributed by atoms with Crippen LogP contribution < -0.4 is 10.5 Å². The largest absolute Gasteiger partial charge is 0.367 e. The van der Waals surface area contributed by atoms with Crippen LogP contribution in [-0.4, -0.2) is 62.6 Å². The minimum atomic E-state index is -0.177. The lowest BCUT2D eigenvalue weighted by molar-refractivity contribution is 0.319. The Morgan fingerprint density at radius 2 is 2.00 bits per heavy atom. The number of thioether (sulfide) groups is 1. The van der Waals surface area contributed by atoms with Crippen molar-refractivity contribution < 1.29 is 4.39 Å². The van der Waals surface area contributed by atoms with E-state index in [1.54, 1.807) is 36.2 Å². The molecule has 2 aromatic heterocycles. The van der Waals surface area contributed by atoms with Crippen molar-refractivity contribution in [3.8, 4) is 11.4 Å². The second-order valence-electron chi connectivity index (χ2n) is 8.55. The number of rotatable bonds is 7. The average Bonchev–Trinajstić information content (AvgIpc) is 3.47. The van der Waals surface area contributed by atoms with Gasteiger partial charge in [0.15, 0.2) is 11.0 Å². The Bertz CT molecular complexity index is 1110. The SMILES string of the molecule is Cn1c(SCCCN2C[C@@H]3CCN(c4ccc(F)cc4)[C@@H]3C2)nnc1-c1ccc(=O)[nH]c1. The number of H-pyrrole nitrogens is 1. The molecule has 4 heterocycles.